The van der Waals surface area contributed by atoms with E-state index in [2.05, 4.69) is 16.0 Å². The third kappa shape index (κ3) is 2.68. The molecular formula is C21H15N3O2. The summed E-state index contributed by atoms with van der Waals surface area (Å²) in [6, 6.07) is 15.1. The van der Waals surface area contributed by atoms with Gasteiger partial charge in [-0.25, -0.2) is 9.78 Å². The van der Waals surface area contributed by atoms with Crippen LogP contribution >= 0.6 is 0 Å². The summed E-state index contributed by atoms with van der Waals surface area (Å²) in [6.45, 7) is 4.04. The fraction of sp³-hybridized carbons (Fsp3) is 0.0952. The molecule has 0 amide bonds. The SMILES string of the molecule is Cc1cc2nc(C(C#N)=Cc3cc4ccccc4oc3=O)[nH]c2cc1C. The highest BCUT2D eigenvalue weighted by Crippen LogP contribution is 2.22. The normalized spacial score (nSPS) is 11.8. The molecule has 5 heteroatoms. The summed E-state index contributed by atoms with van der Waals surface area (Å²) in [5, 5.41) is 10.4. The number of hydrogen-bond acceptors (Lipinski definition) is 4. The number of allylic oxidation sites excluding steroid dienone is 1. The zero-order valence-electron chi connectivity index (χ0n) is 14.3. The van der Waals surface area contributed by atoms with E-state index in [1.165, 1.54) is 6.08 Å². The minimum atomic E-state index is -0.487. The van der Waals surface area contributed by atoms with Crippen molar-refractivity contribution >= 4 is 33.7 Å². The van der Waals surface area contributed by atoms with E-state index in [-0.39, 0.29) is 5.57 Å². The number of nitrogens with zero attached hydrogens (tertiary/aromatic N) is 2. The van der Waals surface area contributed by atoms with Crippen LogP contribution in [-0.2, 0) is 0 Å². The van der Waals surface area contributed by atoms with Gasteiger partial charge in [0.1, 0.15) is 17.5 Å². The Kier molecular flexibility index (Phi) is 3.67. The van der Waals surface area contributed by atoms with Gasteiger partial charge < -0.3 is 9.40 Å². The number of hydrogen-bond donors (Lipinski definition) is 1. The summed E-state index contributed by atoms with van der Waals surface area (Å²) in [4.78, 5) is 19.9. The van der Waals surface area contributed by atoms with Crippen LogP contribution in [0.15, 0.2) is 51.7 Å². The lowest BCUT2D eigenvalue weighted by Crippen LogP contribution is -2.03. The molecule has 0 aliphatic carbocycles. The van der Waals surface area contributed by atoms with Gasteiger partial charge in [0.15, 0.2) is 0 Å². The molecule has 0 bridgehead atoms. The minimum Gasteiger partial charge on any atom is -0.422 e. The molecule has 0 aliphatic rings. The zero-order valence-corrected chi connectivity index (χ0v) is 14.3. The molecule has 2 aromatic heterocycles. The Morgan fingerprint density at radius 2 is 1.96 bits per heavy atom. The molecule has 0 unspecified atom stereocenters. The molecule has 0 radical (unpaired) electrons. The van der Waals surface area contributed by atoms with E-state index in [4.69, 9.17) is 4.42 Å². The fourth-order valence-corrected chi connectivity index (χ4v) is 2.88. The molecule has 0 saturated heterocycles. The minimum absolute atomic E-state index is 0.277. The Morgan fingerprint density at radius 1 is 1.19 bits per heavy atom. The number of benzene rings is 2. The van der Waals surface area contributed by atoms with Crippen LogP contribution in [0.1, 0.15) is 22.5 Å². The van der Waals surface area contributed by atoms with Crippen molar-refractivity contribution in [3.8, 4) is 6.07 Å². The zero-order chi connectivity index (χ0) is 18.3. The molecule has 2 heterocycles. The molecule has 1 N–H and O–H groups in total. The van der Waals surface area contributed by atoms with Crippen molar-refractivity contribution in [1.29, 1.82) is 5.26 Å². The monoisotopic (exact) mass is 341 g/mol. The molecule has 126 valence electrons. The third-order valence-electron chi connectivity index (χ3n) is 4.44. The van der Waals surface area contributed by atoms with Crippen molar-refractivity contribution in [2.24, 2.45) is 0 Å². The van der Waals surface area contributed by atoms with Gasteiger partial charge >= 0.3 is 5.63 Å². The third-order valence-corrected chi connectivity index (χ3v) is 4.44. The maximum Gasteiger partial charge on any atom is 0.343 e. The second-order valence-corrected chi connectivity index (χ2v) is 6.24. The largest absolute Gasteiger partial charge is 0.422 e. The van der Waals surface area contributed by atoms with Crippen LogP contribution in [0.2, 0.25) is 0 Å². The van der Waals surface area contributed by atoms with E-state index < -0.39 is 5.63 Å². The topological polar surface area (TPSA) is 82.7 Å². The summed E-state index contributed by atoms with van der Waals surface area (Å²) in [7, 11) is 0. The summed E-state index contributed by atoms with van der Waals surface area (Å²) >= 11 is 0. The molecule has 4 rings (SSSR count). The van der Waals surface area contributed by atoms with Crippen LogP contribution in [0.4, 0.5) is 0 Å². The first-order chi connectivity index (χ1) is 12.5. The quantitative estimate of drug-likeness (QED) is 0.434. The number of fused-ring (bicyclic) bond motifs is 2. The van der Waals surface area contributed by atoms with Crippen LogP contribution in [0.5, 0.6) is 0 Å². The van der Waals surface area contributed by atoms with Crippen LogP contribution in [0.25, 0.3) is 33.7 Å². The molecule has 0 spiro atoms. The summed E-state index contributed by atoms with van der Waals surface area (Å²) in [6.07, 6.45) is 1.51. The molecular weight excluding hydrogens is 326 g/mol. The van der Waals surface area contributed by atoms with Gasteiger partial charge in [-0.2, -0.15) is 5.26 Å². The number of nitriles is 1. The van der Waals surface area contributed by atoms with E-state index in [1.54, 1.807) is 18.2 Å². The Balaban J connectivity index is 1.86. The lowest BCUT2D eigenvalue weighted by Gasteiger charge is -1.98. The van der Waals surface area contributed by atoms with Gasteiger partial charge in [-0.1, -0.05) is 18.2 Å². The average molecular weight is 341 g/mol. The summed E-state index contributed by atoms with van der Waals surface area (Å²) in [5.41, 5.74) is 4.54. The second kappa shape index (κ2) is 6.01. The van der Waals surface area contributed by atoms with Crippen molar-refractivity contribution in [2.45, 2.75) is 13.8 Å². The number of imidazole rings is 1. The van der Waals surface area contributed by atoms with Crippen molar-refractivity contribution in [3.05, 3.63) is 75.4 Å². The van der Waals surface area contributed by atoms with E-state index in [0.29, 0.717) is 17.0 Å². The first-order valence-corrected chi connectivity index (χ1v) is 8.17. The molecule has 0 saturated carbocycles. The molecule has 2 aromatic carbocycles. The van der Waals surface area contributed by atoms with E-state index in [0.717, 1.165) is 27.5 Å². The highest BCUT2D eigenvalue weighted by molar-refractivity contribution is 5.91. The smallest absolute Gasteiger partial charge is 0.343 e. The lowest BCUT2D eigenvalue weighted by molar-refractivity contribution is 0.559. The van der Waals surface area contributed by atoms with Crippen LogP contribution < -0.4 is 5.63 Å². The van der Waals surface area contributed by atoms with Gasteiger partial charge in [0.25, 0.3) is 0 Å². The summed E-state index contributed by atoms with van der Waals surface area (Å²) < 4.78 is 5.32. The van der Waals surface area contributed by atoms with E-state index in [1.807, 2.05) is 38.1 Å². The number of nitrogens with one attached hydrogen (secondary N) is 1. The molecule has 0 fully saturated rings. The molecule has 5 nitrogen and oxygen atoms in total. The second-order valence-electron chi connectivity index (χ2n) is 6.24. The average Bonchev–Trinajstić information content (AvgIpc) is 3.02. The summed E-state index contributed by atoms with van der Waals surface area (Å²) in [5.74, 6) is 0.431. The van der Waals surface area contributed by atoms with E-state index >= 15 is 0 Å². The number of rotatable bonds is 2. The van der Waals surface area contributed by atoms with Crippen LogP contribution in [-0.4, -0.2) is 9.97 Å². The highest BCUT2D eigenvalue weighted by atomic mass is 16.4. The number of aryl methyl sites for hydroxylation is 2. The Morgan fingerprint density at radius 3 is 2.77 bits per heavy atom. The van der Waals surface area contributed by atoms with E-state index in [9.17, 15) is 10.1 Å². The van der Waals surface area contributed by atoms with Gasteiger partial charge in [-0.3, -0.25) is 0 Å². The predicted molar refractivity (Wildman–Crippen MR) is 102 cm³/mol. The fourth-order valence-electron chi connectivity index (χ4n) is 2.88. The van der Waals surface area contributed by atoms with Crippen molar-refractivity contribution < 1.29 is 4.42 Å². The first-order valence-electron chi connectivity index (χ1n) is 8.17. The molecule has 0 atom stereocenters. The van der Waals surface area contributed by atoms with Gasteiger partial charge in [-0.05, 0) is 55.3 Å². The van der Waals surface area contributed by atoms with Crippen molar-refractivity contribution in [3.63, 3.8) is 0 Å². The molecule has 26 heavy (non-hydrogen) atoms. The molecule has 0 aliphatic heterocycles. The van der Waals surface area contributed by atoms with Gasteiger partial charge in [0.2, 0.25) is 0 Å². The standard InChI is InChI=1S/C21H15N3O2/c1-12-7-17-18(8-13(12)2)24-20(23-17)16(11-22)10-15-9-14-5-3-4-6-19(14)26-21(15)25/h3-10H,1-2H3,(H,23,24). The number of aromatic nitrogens is 2. The Bertz CT molecular complexity index is 1250. The van der Waals surface area contributed by atoms with Gasteiger partial charge in [-0.15, -0.1) is 0 Å². The Labute approximate surface area is 149 Å². The van der Waals surface area contributed by atoms with Crippen LogP contribution in [0.3, 0.4) is 0 Å². The van der Waals surface area contributed by atoms with Crippen molar-refractivity contribution in [2.75, 3.05) is 0 Å². The molecule has 4 aromatic rings. The maximum atomic E-state index is 12.2. The Hall–Kier alpha value is -3.65. The van der Waals surface area contributed by atoms with Crippen LogP contribution in [0, 0.1) is 25.2 Å². The number of para-hydroxylation sites is 1. The van der Waals surface area contributed by atoms with Gasteiger partial charge in [0, 0.05) is 5.39 Å². The first kappa shape index (κ1) is 15.9. The number of H-pyrrole nitrogens is 1. The predicted octanol–water partition coefficient (Wildman–Crippen LogP) is 4.35. The van der Waals surface area contributed by atoms with Gasteiger partial charge in [0.05, 0.1) is 22.2 Å². The van der Waals surface area contributed by atoms with Crippen molar-refractivity contribution in [1.82, 2.24) is 9.97 Å². The number of aromatic amines is 1. The maximum absolute atomic E-state index is 12.2. The lowest BCUT2D eigenvalue weighted by atomic mass is 10.1. The highest BCUT2D eigenvalue weighted by Gasteiger charge is 2.11.